The number of ether oxygens (including phenoxy) is 2. The van der Waals surface area contributed by atoms with Crippen molar-refractivity contribution in [3.8, 4) is 17.2 Å². The zero-order valence-electron chi connectivity index (χ0n) is 28.7. The van der Waals surface area contributed by atoms with Crippen molar-refractivity contribution in [2.24, 2.45) is 5.92 Å². The van der Waals surface area contributed by atoms with E-state index < -0.39 is 17.9 Å². The van der Waals surface area contributed by atoms with Gasteiger partial charge in [-0.3, -0.25) is 4.79 Å². The van der Waals surface area contributed by atoms with E-state index in [0.29, 0.717) is 24.3 Å². The van der Waals surface area contributed by atoms with Gasteiger partial charge in [0, 0.05) is 23.5 Å². The molecule has 0 spiro atoms. The first kappa shape index (κ1) is 36.1. The van der Waals surface area contributed by atoms with E-state index in [-0.39, 0.29) is 29.9 Å². The van der Waals surface area contributed by atoms with Crippen LogP contribution in [-0.2, 0) is 23.1 Å². The zero-order chi connectivity index (χ0) is 33.7. The number of amides is 1. The van der Waals surface area contributed by atoms with Crippen LogP contribution in [0, 0.1) is 5.92 Å². The van der Waals surface area contributed by atoms with E-state index >= 15 is 0 Å². The highest BCUT2D eigenvalue weighted by Gasteiger charge is 2.24. The Bertz CT molecular complexity index is 1720. The molecule has 3 aromatic carbocycles. The van der Waals surface area contributed by atoms with Gasteiger partial charge in [-0.15, -0.1) is 12.4 Å². The quantitative estimate of drug-likeness (QED) is 0.139. The molecule has 1 aliphatic carbocycles. The van der Waals surface area contributed by atoms with Crippen LogP contribution >= 0.6 is 12.4 Å². The molecule has 4 aromatic rings. The third-order valence-electron chi connectivity index (χ3n) is 9.61. The third-order valence-corrected chi connectivity index (χ3v) is 9.61. The summed E-state index contributed by atoms with van der Waals surface area (Å²) in [6, 6.07) is 22.4. The summed E-state index contributed by atoms with van der Waals surface area (Å²) in [7, 11) is 0. The lowest BCUT2D eigenvalue weighted by Crippen LogP contribution is -2.42. The van der Waals surface area contributed by atoms with E-state index in [1.807, 2.05) is 54.6 Å². The largest absolute Gasteiger partial charge is 0.492 e. The highest BCUT2D eigenvalue weighted by molar-refractivity contribution is 5.99. The Labute approximate surface area is 295 Å². The number of hydrogen-bond acceptors (Lipinski definition) is 6. The van der Waals surface area contributed by atoms with Crippen LogP contribution in [0.15, 0.2) is 72.8 Å². The number of carboxylic acids is 1. The number of rotatable bonds is 12. The Kier molecular flexibility index (Phi) is 11.8. The molecular weight excluding hydrogens is 638 g/mol. The van der Waals surface area contributed by atoms with Crippen LogP contribution in [0.5, 0.6) is 17.2 Å². The van der Waals surface area contributed by atoms with Crippen LogP contribution in [-0.4, -0.2) is 47.2 Å². The van der Waals surface area contributed by atoms with E-state index in [0.717, 1.165) is 72.2 Å². The fourth-order valence-electron chi connectivity index (χ4n) is 6.76. The van der Waals surface area contributed by atoms with Crippen molar-refractivity contribution >= 4 is 35.1 Å². The fourth-order valence-corrected chi connectivity index (χ4v) is 6.76. The lowest BCUT2D eigenvalue weighted by Gasteiger charge is -2.19. The Morgan fingerprint density at radius 3 is 2.27 bits per heavy atom. The molecular formula is C40H48ClN3O5. The summed E-state index contributed by atoms with van der Waals surface area (Å²) >= 11 is 0. The molecule has 2 atom stereocenters. The second-order valence-electron chi connectivity index (χ2n) is 14.4. The lowest BCUT2D eigenvalue weighted by molar-refractivity contribution is -0.139. The minimum Gasteiger partial charge on any atom is -0.492 e. The molecule has 1 unspecified atom stereocenters. The molecule has 0 bridgehead atoms. The average Bonchev–Trinajstić information content (AvgIpc) is 3.79. The molecule has 49 heavy (non-hydrogen) atoms. The smallest absolute Gasteiger partial charge is 0.326 e. The number of benzene rings is 3. The molecule has 1 amide bonds. The number of carbonyl (C=O) groups excluding carboxylic acids is 1. The van der Waals surface area contributed by atoms with Crippen LogP contribution in [0.4, 0.5) is 0 Å². The summed E-state index contributed by atoms with van der Waals surface area (Å²) in [6.45, 7) is 8.19. The Balaban J connectivity index is 0.00000468. The summed E-state index contributed by atoms with van der Waals surface area (Å²) in [6.07, 6.45) is 7.85. The van der Waals surface area contributed by atoms with Gasteiger partial charge in [0.15, 0.2) is 0 Å². The molecule has 6 rings (SSSR count). The molecule has 0 radical (unpaired) electrons. The Morgan fingerprint density at radius 2 is 1.61 bits per heavy atom. The molecule has 2 aliphatic rings. The molecule has 1 aliphatic heterocycles. The summed E-state index contributed by atoms with van der Waals surface area (Å²) in [5.41, 5.74) is 3.15. The van der Waals surface area contributed by atoms with E-state index in [4.69, 9.17) is 14.5 Å². The molecule has 1 aromatic heterocycles. The number of nitrogens with zero attached hydrogens (tertiary/aromatic N) is 1. The number of carbonyl (C=O) groups is 2. The van der Waals surface area contributed by atoms with Crippen LogP contribution in [0.2, 0.25) is 0 Å². The van der Waals surface area contributed by atoms with Gasteiger partial charge in [0.2, 0.25) is 0 Å². The average molecular weight is 686 g/mol. The first-order chi connectivity index (χ1) is 23.1. The molecule has 3 N–H and O–H groups in total. The number of aliphatic carboxylic acids is 1. The first-order valence-corrected chi connectivity index (χ1v) is 17.3. The standard InChI is InChI=1S/C40H47N3O5.ClH/c1-40(2,3)29-13-18-32(19-14-29)48-33-17-12-28-23-36(42-35(34(28)24-33)21-26-7-4-5-8-26)38(44)43-37(39(45)46)22-27-10-15-31(16-11-27)47-25-30-9-6-20-41-30;/h10-19,23-24,26,30,37,41H,4-9,20-22,25H2,1-3H3,(H,43,44)(H,45,46);1H/t30?,37-;/m0./s1. The number of pyridine rings is 1. The number of hydrogen-bond donors (Lipinski definition) is 3. The normalized spacial score (nSPS) is 17.0. The molecule has 1 saturated heterocycles. The van der Waals surface area contributed by atoms with E-state index in [1.54, 1.807) is 6.07 Å². The van der Waals surface area contributed by atoms with Crippen molar-refractivity contribution in [3.63, 3.8) is 0 Å². The second-order valence-corrected chi connectivity index (χ2v) is 14.4. The number of carboxylic acid groups (broad SMARTS) is 1. The monoisotopic (exact) mass is 685 g/mol. The van der Waals surface area contributed by atoms with Crippen molar-refractivity contribution in [1.29, 1.82) is 0 Å². The maximum atomic E-state index is 13.6. The third kappa shape index (κ3) is 9.52. The highest BCUT2D eigenvalue weighted by Crippen LogP contribution is 2.33. The van der Waals surface area contributed by atoms with Crippen molar-refractivity contribution < 1.29 is 24.2 Å². The first-order valence-electron chi connectivity index (χ1n) is 17.3. The predicted octanol–water partition coefficient (Wildman–Crippen LogP) is 8.04. The van der Waals surface area contributed by atoms with E-state index in [1.165, 1.54) is 18.4 Å². The van der Waals surface area contributed by atoms with Crippen LogP contribution in [0.25, 0.3) is 10.8 Å². The lowest BCUT2D eigenvalue weighted by atomic mass is 9.87. The Hall–Kier alpha value is -4.14. The van der Waals surface area contributed by atoms with Crippen molar-refractivity contribution in [1.82, 2.24) is 15.6 Å². The predicted molar refractivity (Wildman–Crippen MR) is 195 cm³/mol. The summed E-state index contributed by atoms with van der Waals surface area (Å²) < 4.78 is 12.2. The number of halogens is 1. The van der Waals surface area contributed by atoms with Crippen molar-refractivity contribution in [2.75, 3.05) is 13.2 Å². The molecule has 9 heteroatoms. The summed E-state index contributed by atoms with van der Waals surface area (Å²) in [5, 5.41) is 18.0. The summed E-state index contributed by atoms with van der Waals surface area (Å²) in [4.78, 5) is 30.7. The molecule has 2 heterocycles. The minimum atomic E-state index is -1.11. The fraction of sp³-hybridized carbons (Fsp3) is 0.425. The van der Waals surface area contributed by atoms with Gasteiger partial charge in [0.05, 0.1) is 0 Å². The van der Waals surface area contributed by atoms with Gasteiger partial charge in [-0.1, -0.05) is 76.8 Å². The van der Waals surface area contributed by atoms with Crippen molar-refractivity contribution in [3.05, 3.63) is 95.3 Å². The zero-order valence-corrected chi connectivity index (χ0v) is 29.5. The number of nitrogens with one attached hydrogen (secondary N) is 2. The van der Waals surface area contributed by atoms with Gasteiger partial charge >= 0.3 is 5.97 Å². The van der Waals surface area contributed by atoms with Gasteiger partial charge in [0.25, 0.3) is 5.91 Å². The maximum absolute atomic E-state index is 13.6. The second kappa shape index (κ2) is 16.0. The van der Waals surface area contributed by atoms with Crippen LogP contribution < -0.4 is 20.1 Å². The maximum Gasteiger partial charge on any atom is 0.326 e. The van der Waals surface area contributed by atoms with Crippen LogP contribution in [0.3, 0.4) is 0 Å². The SMILES string of the molecule is CC(C)(C)c1ccc(Oc2ccc3cc(C(=O)N[C@@H](Cc4ccc(OCC5CCCN5)cc4)C(=O)O)nc(CC4CCCC4)c3c2)cc1.Cl. The van der Waals surface area contributed by atoms with Gasteiger partial charge < -0.3 is 25.2 Å². The topological polar surface area (TPSA) is 110 Å². The van der Waals surface area contributed by atoms with Gasteiger partial charge in [-0.05, 0) is 96.1 Å². The summed E-state index contributed by atoms with van der Waals surface area (Å²) in [5.74, 6) is 1.11. The number of aromatic nitrogens is 1. The molecule has 2 fully saturated rings. The number of fused-ring (bicyclic) bond motifs is 1. The van der Waals surface area contributed by atoms with E-state index in [9.17, 15) is 14.7 Å². The minimum absolute atomic E-state index is 0. The molecule has 260 valence electrons. The van der Waals surface area contributed by atoms with Gasteiger partial charge in [0.1, 0.15) is 35.6 Å². The van der Waals surface area contributed by atoms with E-state index in [2.05, 4.69) is 43.5 Å². The Morgan fingerprint density at radius 1 is 0.918 bits per heavy atom. The van der Waals surface area contributed by atoms with Gasteiger partial charge in [-0.2, -0.15) is 0 Å². The van der Waals surface area contributed by atoms with Crippen LogP contribution in [0.1, 0.15) is 86.6 Å². The van der Waals surface area contributed by atoms with Crippen molar-refractivity contribution in [2.45, 2.75) is 89.6 Å². The van der Waals surface area contributed by atoms with Gasteiger partial charge in [-0.25, -0.2) is 9.78 Å². The molecule has 8 nitrogen and oxygen atoms in total. The highest BCUT2D eigenvalue weighted by atomic mass is 35.5. The molecule has 1 saturated carbocycles.